The highest BCUT2D eigenvalue weighted by Gasteiger charge is 2.17. The predicted octanol–water partition coefficient (Wildman–Crippen LogP) is 3.12. The third-order valence-electron chi connectivity index (χ3n) is 3.68. The minimum atomic E-state index is -0.307. The summed E-state index contributed by atoms with van der Waals surface area (Å²) in [6.45, 7) is 1.79. The van der Waals surface area contributed by atoms with Crippen LogP contribution in [0.5, 0.6) is 11.5 Å². The number of nitrogens with one attached hydrogen (secondary N) is 1. The topological polar surface area (TPSA) is 85.7 Å². The van der Waals surface area contributed by atoms with E-state index in [0.717, 1.165) is 0 Å². The van der Waals surface area contributed by atoms with Crippen molar-refractivity contribution in [3.63, 3.8) is 0 Å². The Morgan fingerprint density at radius 3 is 2.35 bits per heavy atom. The van der Waals surface area contributed by atoms with E-state index in [1.54, 1.807) is 31.2 Å². The van der Waals surface area contributed by atoms with E-state index in [-0.39, 0.29) is 5.56 Å². The van der Waals surface area contributed by atoms with Crippen molar-refractivity contribution in [3.8, 4) is 28.7 Å². The number of nitrogens with zero attached hydrogens (tertiary/aromatic N) is 4. The first-order valence-corrected chi connectivity index (χ1v) is 8.03. The highest BCUT2D eigenvalue weighted by Crippen LogP contribution is 2.28. The molecule has 4 aromatic rings. The molecule has 2 aromatic carbocycles. The SMILES string of the molecule is Cc1nc(-c2nn(-c3ccccc3)c(=O)cc2Oc2ccccc2)n[nH]1. The number of benzene rings is 2. The maximum absolute atomic E-state index is 12.6. The molecule has 0 unspecified atom stereocenters. The van der Waals surface area contributed by atoms with Crippen molar-refractivity contribution >= 4 is 0 Å². The molecule has 7 nitrogen and oxygen atoms in total. The Morgan fingerprint density at radius 1 is 1.00 bits per heavy atom. The first-order valence-electron chi connectivity index (χ1n) is 8.03. The molecule has 0 radical (unpaired) electrons. The van der Waals surface area contributed by atoms with Crippen molar-refractivity contribution in [2.24, 2.45) is 0 Å². The molecule has 0 atom stereocenters. The van der Waals surface area contributed by atoms with Crippen molar-refractivity contribution in [1.29, 1.82) is 0 Å². The molecule has 0 amide bonds. The zero-order valence-corrected chi connectivity index (χ0v) is 14.0. The molecule has 2 heterocycles. The normalized spacial score (nSPS) is 10.7. The van der Waals surface area contributed by atoms with Gasteiger partial charge in [0.05, 0.1) is 11.8 Å². The summed E-state index contributed by atoms with van der Waals surface area (Å²) in [5.74, 6) is 1.90. The molecule has 4 rings (SSSR count). The highest BCUT2D eigenvalue weighted by molar-refractivity contribution is 5.59. The summed E-state index contributed by atoms with van der Waals surface area (Å²) in [7, 11) is 0. The lowest BCUT2D eigenvalue weighted by molar-refractivity contribution is 0.477. The Kier molecular flexibility index (Phi) is 4.03. The first-order chi connectivity index (χ1) is 12.7. The predicted molar refractivity (Wildman–Crippen MR) is 96.5 cm³/mol. The fourth-order valence-electron chi connectivity index (χ4n) is 2.49. The van der Waals surface area contributed by atoms with Gasteiger partial charge in [-0.05, 0) is 31.2 Å². The van der Waals surface area contributed by atoms with Crippen LogP contribution < -0.4 is 10.3 Å². The average molecular weight is 345 g/mol. The lowest BCUT2D eigenvalue weighted by atomic mass is 10.3. The number of aryl methyl sites for hydroxylation is 1. The lowest BCUT2D eigenvalue weighted by Gasteiger charge is -2.11. The summed E-state index contributed by atoms with van der Waals surface area (Å²) in [6.07, 6.45) is 0. The number of hydrogen-bond donors (Lipinski definition) is 1. The molecule has 26 heavy (non-hydrogen) atoms. The van der Waals surface area contributed by atoms with Gasteiger partial charge < -0.3 is 4.74 Å². The summed E-state index contributed by atoms with van der Waals surface area (Å²) >= 11 is 0. The number of H-pyrrole nitrogens is 1. The number of aromatic nitrogens is 5. The van der Waals surface area contributed by atoms with Gasteiger partial charge in [-0.1, -0.05) is 36.4 Å². The van der Waals surface area contributed by atoms with Gasteiger partial charge in [0.15, 0.2) is 11.4 Å². The van der Waals surface area contributed by atoms with Crippen molar-refractivity contribution in [3.05, 3.63) is 82.9 Å². The third-order valence-corrected chi connectivity index (χ3v) is 3.68. The Morgan fingerprint density at radius 2 is 1.69 bits per heavy atom. The maximum Gasteiger partial charge on any atom is 0.275 e. The van der Waals surface area contributed by atoms with Crippen LogP contribution in [0.25, 0.3) is 17.2 Å². The third kappa shape index (κ3) is 3.10. The van der Waals surface area contributed by atoms with Gasteiger partial charge in [0, 0.05) is 0 Å². The van der Waals surface area contributed by atoms with Gasteiger partial charge >= 0.3 is 0 Å². The second-order valence-corrected chi connectivity index (χ2v) is 5.60. The molecule has 0 aliphatic heterocycles. The van der Waals surface area contributed by atoms with Crippen molar-refractivity contribution in [2.45, 2.75) is 6.92 Å². The van der Waals surface area contributed by atoms with Gasteiger partial charge in [-0.2, -0.15) is 14.9 Å². The number of para-hydroxylation sites is 2. The summed E-state index contributed by atoms with van der Waals surface area (Å²) in [5.41, 5.74) is 0.720. The van der Waals surface area contributed by atoms with Crippen molar-refractivity contribution < 1.29 is 4.74 Å². The zero-order valence-electron chi connectivity index (χ0n) is 14.0. The van der Waals surface area contributed by atoms with Crippen LogP contribution in [0, 0.1) is 6.92 Å². The fraction of sp³-hybridized carbons (Fsp3) is 0.0526. The second kappa shape index (κ2) is 6.64. The summed E-state index contributed by atoms with van der Waals surface area (Å²) in [6, 6.07) is 19.8. The second-order valence-electron chi connectivity index (χ2n) is 5.60. The minimum Gasteiger partial charge on any atom is -0.455 e. The van der Waals surface area contributed by atoms with Crippen LogP contribution in [0.4, 0.5) is 0 Å². The molecule has 0 bridgehead atoms. The summed E-state index contributed by atoms with van der Waals surface area (Å²) < 4.78 is 7.18. The standard InChI is InChI=1S/C19H15N5O2/c1-13-20-19(22-21-13)18-16(26-15-10-6-3-7-11-15)12-17(25)24(23-18)14-8-4-2-5-9-14/h2-12H,1H3,(H,20,21,22). The molecule has 0 saturated heterocycles. The number of rotatable bonds is 4. The molecule has 0 saturated carbocycles. The van der Waals surface area contributed by atoms with Gasteiger partial charge in [-0.3, -0.25) is 9.89 Å². The van der Waals surface area contributed by atoms with E-state index in [4.69, 9.17) is 4.74 Å². The van der Waals surface area contributed by atoms with Crippen LogP contribution in [-0.4, -0.2) is 25.0 Å². The monoisotopic (exact) mass is 345 g/mol. The number of hydrogen-bond acceptors (Lipinski definition) is 5. The van der Waals surface area contributed by atoms with E-state index in [9.17, 15) is 4.79 Å². The largest absolute Gasteiger partial charge is 0.455 e. The van der Waals surface area contributed by atoms with Gasteiger partial charge in [0.2, 0.25) is 5.82 Å². The van der Waals surface area contributed by atoms with Crippen LogP contribution in [0.3, 0.4) is 0 Å². The number of ether oxygens (including phenoxy) is 1. The molecule has 1 N–H and O–H groups in total. The van der Waals surface area contributed by atoms with E-state index in [0.29, 0.717) is 34.5 Å². The zero-order chi connectivity index (χ0) is 17.9. The molecule has 0 fully saturated rings. The van der Waals surface area contributed by atoms with E-state index >= 15 is 0 Å². The van der Waals surface area contributed by atoms with E-state index in [2.05, 4.69) is 20.3 Å². The molecular weight excluding hydrogens is 330 g/mol. The Labute approximate surface area is 148 Å². The molecule has 0 aliphatic rings. The van der Waals surface area contributed by atoms with Crippen molar-refractivity contribution in [1.82, 2.24) is 25.0 Å². The molecule has 128 valence electrons. The quantitative estimate of drug-likeness (QED) is 0.614. The smallest absolute Gasteiger partial charge is 0.275 e. The van der Waals surface area contributed by atoms with Crippen LogP contribution in [0.1, 0.15) is 5.82 Å². The van der Waals surface area contributed by atoms with Crippen LogP contribution in [0.15, 0.2) is 71.5 Å². The Balaban J connectivity index is 1.88. The van der Waals surface area contributed by atoms with E-state index in [1.165, 1.54) is 10.7 Å². The van der Waals surface area contributed by atoms with Gasteiger partial charge in [-0.25, -0.2) is 4.98 Å². The Hall–Kier alpha value is -3.74. The molecule has 7 heteroatoms. The Bertz CT molecular complexity index is 1090. The minimum absolute atomic E-state index is 0.299. The first kappa shape index (κ1) is 15.8. The van der Waals surface area contributed by atoms with Crippen LogP contribution in [0.2, 0.25) is 0 Å². The highest BCUT2D eigenvalue weighted by atomic mass is 16.5. The van der Waals surface area contributed by atoms with Gasteiger partial charge in [0.25, 0.3) is 5.56 Å². The molecule has 2 aromatic heterocycles. The van der Waals surface area contributed by atoms with Crippen LogP contribution in [-0.2, 0) is 0 Å². The molecule has 0 spiro atoms. The van der Waals surface area contributed by atoms with Crippen LogP contribution >= 0.6 is 0 Å². The molecular formula is C19H15N5O2. The van der Waals surface area contributed by atoms with E-state index in [1.807, 2.05) is 36.4 Å². The van der Waals surface area contributed by atoms with Crippen molar-refractivity contribution in [2.75, 3.05) is 0 Å². The van der Waals surface area contributed by atoms with Gasteiger partial charge in [-0.15, -0.1) is 0 Å². The summed E-state index contributed by atoms with van der Waals surface area (Å²) in [4.78, 5) is 16.9. The fourth-order valence-corrected chi connectivity index (χ4v) is 2.49. The van der Waals surface area contributed by atoms with Gasteiger partial charge in [0.1, 0.15) is 11.6 Å². The molecule has 0 aliphatic carbocycles. The maximum atomic E-state index is 12.6. The van der Waals surface area contributed by atoms with E-state index < -0.39 is 0 Å². The average Bonchev–Trinajstić information content (AvgIpc) is 3.10. The summed E-state index contributed by atoms with van der Waals surface area (Å²) in [5, 5.41) is 11.4. The number of aromatic amines is 1. The lowest BCUT2D eigenvalue weighted by Crippen LogP contribution is -2.21.